The van der Waals surface area contributed by atoms with E-state index < -0.39 is 41.8 Å². The Labute approximate surface area is 152 Å². The fraction of sp³-hybridized carbons (Fsp3) is 0.812. The fourth-order valence-corrected chi connectivity index (χ4v) is 2.60. The van der Waals surface area contributed by atoms with Crippen molar-refractivity contribution in [2.45, 2.75) is 58.0 Å². The molecule has 1 heterocycles. The van der Waals surface area contributed by atoms with Gasteiger partial charge in [0.25, 0.3) is 5.91 Å². The maximum absolute atomic E-state index is 12.9. The zero-order chi connectivity index (χ0) is 19.9. The van der Waals surface area contributed by atoms with E-state index in [1.165, 1.54) is 7.11 Å². The summed E-state index contributed by atoms with van der Waals surface area (Å²) in [6.45, 7) is 5.39. The second kappa shape index (κ2) is 9.70. The average molecular weight is 375 g/mol. The highest BCUT2D eigenvalue weighted by Crippen LogP contribution is 2.20. The van der Waals surface area contributed by atoms with Gasteiger partial charge in [-0.2, -0.15) is 0 Å². The second-order valence-electron chi connectivity index (χ2n) is 7.08. The molecule has 4 N–H and O–H groups in total. The van der Waals surface area contributed by atoms with Crippen molar-refractivity contribution in [3.63, 3.8) is 0 Å². The number of carbonyl (C=O) groups excluding carboxylic acids is 3. The number of amides is 2. The van der Waals surface area contributed by atoms with Crippen molar-refractivity contribution in [1.82, 2.24) is 15.8 Å². The first kappa shape index (κ1) is 22.1. The Bertz CT molecular complexity index is 505. The van der Waals surface area contributed by atoms with E-state index in [2.05, 4.69) is 10.7 Å². The Morgan fingerprint density at radius 3 is 2.50 bits per heavy atom. The standard InChI is InChI=1S/C16H29N3O7/c1-16(2,3)26-15(24)18-19(9-7-11(20)21)13(22)12-10(14(23)25-4)6-5-8-17-12/h10-12,17,20-21H,5-9H2,1-4H3,(H,18,24)/t10-,12+/m1/s1. The molecular weight excluding hydrogens is 346 g/mol. The lowest BCUT2D eigenvalue weighted by Crippen LogP contribution is -2.59. The van der Waals surface area contributed by atoms with Crippen LogP contribution in [0.1, 0.15) is 40.0 Å². The van der Waals surface area contributed by atoms with Crippen molar-refractivity contribution in [2.75, 3.05) is 20.2 Å². The van der Waals surface area contributed by atoms with Gasteiger partial charge in [-0.15, -0.1) is 0 Å². The van der Waals surface area contributed by atoms with Crippen LogP contribution in [-0.4, -0.2) is 71.3 Å². The van der Waals surface area contributed by atoms with Crippen LogP contribution in [0.15, 0.2) is 0 Å². The number of carbonyl (C=O) groups is 3. The molecular formula is C16H29N3O7. The van der Waals surface area contributed by atoms with Gasteiger partial charge in [0.1, 0.15) is 11.6 Å². The zero-order valence-corrected chi connectivity index (χ0v) is 15.7. The number of aliphatic hydroxyl groups excluding tert-OH is 1. The molecule has 1 aliphatic rings. The van der Waals surface area contributed by atoms with Crippen LogP contribution in [0.3, 0.4) is 0 Å². The van der Waals surface area contributed by atoms with Crippen LogP contribution < -0.4 is 10.7 Å². The first-order valence-corrected chi connectivity index (χ1v) is 8.53. The van der Waals surface area contributed by atoms with Crippen LogP contribution in [0.4, 0.5) is 4.79 Å². The topological polar surface area (TPSA) is 137 Å². The summed E-state index contributed by atoms with van der Waals surface area (Å²) in [4.78, 5) is 36.8. The highest BCUT2D eigenvalue weighted by Gasteiger charge is 2.39. The Balaban J connectivity index is 2.90. The maximum atomic E-state index is 12.9. The number of hydrazine groups is 1. The van der Waals surface area contributed by atoms with E-state index in [0.717, 1.165) is 5.01 Å². The molecule has 2 amide bonds. The molecule has 1 rings (SSSR count). The maximum Gasteiger partial charge on any atom is 0.426 e. The van der Waals surface area contributed by atoms with E-state index >= 15 is 0 Å². The molecule has 26 heavy (non-hydrogen) atoms. The molecule has 2 atom stereocenters. The number of nitrogens with one attached hydrogen (secondary N) is 2. The van der Waals surface area contributed by atoms with E-state index in [-0.39, 0.29) is 13.0 Å². The summed E-state index contributed by atoms with van der Waals surface area (Å²) < 4.78 is 9.88. The highest BCUT2D eigenvalue weighted by atomic mass is 16.6. The number of aliphatic hydroxyl groups is 2. The molecule has 0 aliphatic carbocycles. The average Bonchev–Trinajstić information content (AvgIpc) is 2.55. The van der Waals surface area contributed by atoms with Crippen molar-refractivity contribution < 1.29 is 34.1 Å². The van der Waals surface area contributed by atoms with Gasteiger partial charge >= 0.3 is 12.1 Å². The summed E-state index contributed by atoms with van der Waals surface area (Å²) in [6, 6.07) is -0.887. The fourth-order valence-electron chi connectivity index (χ4n) is 2.60. The predicted molar refractivity (Wildman–Crippen MR) is 90.5 cm³/mol. The molecule has 0 saturated carbocycles. The van der Waals surface area contributed by atoms with Gasteiger partial charge in [0, 0.05) is 13.0 Å². The molecule has 10 heteroatoms. The SMILES string of the molecule is COC(=O)[C@@H]1CCCN[C@@H]1C(=O)N(CCC(O)O)NC(=O)OC(C)(C)C. The summed E-state index contributed by atoms with van der Waals surface area (Å²) in [5.74, 6) is -1.79. The Morgan fingerprint density at radius 2 is 1.96 bits per heavy atom. The smallest absolute Gasteiger partial charge is 0.426 e. The Kier molecular flexibility index (Phi) is 8.25. The monoisotopic (exact) mass is 375 g/mol. The van der Waals surface area contributed by atoms with Gasteiger partial charge in [-0.3, -0.25) is 9.59 Å². The number of piperidine rings is 1. The molecule has 1 aliphatic heterocycles. The molecule has 0 radical (unpaired) electrons. The number of hydrogen-bond acceptors (Lipinski definition) is 8. The molecule has 0 aromatic rings. The van der Waals surface area contributed by atoms with Crippen molar-refractivity contribution >= 4 is 18.0 Å². The zero-order valence-electron chi connectivity index (χ0n) is 15.7. The minimum absolute atomic E-state index is 0.165. The molecule has 0 bridgehead atoms. The van der Waals surface area contributed by atoms with Gasteiger partial charge < -0.3 is 25.0 Å². The third-order valence-electron chi connectivity index (χ3n) is 3.73. The summed E-state index contributed by atoms with van der Waals surface area (Å²) >= 11 is 0. The molecule has 1 saturated heterocycles. The van der Waals surface area contributed by atoms with Crippen LogP contribution in [-0.2, 0) is 19.1 Å². The van der Waals surface area contributed by atoms with Gasteiger partial charge in [0.2, 0.25) is 0 Å². The van der Waals surface area contributed by atoms with Crippen LogP contribution in [0.25, 0.3) is 0 Å². The highest BCUT2D eigenvalue weighted by molar-refractivity contribution is 5.89. The van der Waals surface area contributed by atoms with E-state index in [1.807, 2.05) is 0 Å². The first-order chi connectivity index (χ1) is 12.0. The molecule has 1 fully saturated rings. The van der Waals surface area contributed by atoms with Crippen LogP contribution in [0, 0.1) is 5.92 Å². The van der Waals surface area contributed by atoms with E-state index in [4.69, 9.17) is 19.7 Å². The molecule has 0 spiro atoms. The number of methoxy groups -OCH3 is 1. The first-order valence-electron chi connectivity index (χ1n) is 8.53. The van der Waals surface area contributed by atoms with Crippen molar-refractivity contribution in [2.24, 2.45) is 5.92 Å². The van der Waals surface area contributed by atoms with Crippen molar-refractivity contribution in [3.8, 4) is 0 Å². The summed E-state index contributed by atoms with van der Waals surface area (Å²) in [6.07, 6.45) is -1.51. The molecule has 0 aromatic carbocycles. The lowest BCUT2D eigenvalue weighted by molar-refractivity contribution is -0.153. The van der Waals surface area contributed by atoms with Gasteiger partial charge in [-0.25, -0.2) is 15.2 Å². The van der Waals surface area contributed by atoms with Crippen LogP contribution in [0.5, 0.6) is 0 Å². The third kappa shape index (κ3) is 7.14. The van der Waals surface area contributed by atoms with E-state index in [1.54, 1.807) is 20.8 Å². The van der Waals surface area contributed by atoms with Crippen molar-refractivity contribution in [1.29, 1.82) is 0 Å². The minimum atomic E-state index is -1.65. The predicted octanol–water partition coefficient (Wildman–Crippen LogP) is -0.503. The Morgan fingerprint density at radius 1 is 1.31 bits per heavy atom. The Hall–Kier alpha value is -1.91. The second-order valence-corrected chi connectivity index (χ2v) is 7.08. The van der Waals surface area contributed by atoms with Crippen LogP contribution >= 0.6 is 0 Å². The van der Waals surface area contributed by atoms with Gasteiger partial charge in [-0.05, 0) is 40.2 Å². The van der Waals surface area contributed by atoms with Crippen LogP contribution in [0.2, 0.25) is 0 Å². The lowest BCUT2D eigenvalue weighted by Gasteiger charge is -2.34. The van der Waals surface area contributed by atoms with E-state index in [0.29, 0.717) is 19.4 Å². The number of rotatable bonds is 5. The van der Waals surface area contributed by atoms with E-state index in [9.17, 15) is 14.4 Å². The summed E-state index contributed by atoms with van der Waals surface area (Å²) in [7, 11) is 1.25. The van der Waals surface area contributed by atoms with Gasteiger partial charge in [0.15, 0.2) is 6.29 Å². The lowest BCUT2D eigenvalue weighted by atomic mass is 9.90. The van der Waals surface area contributed by atoms with Crippen molar-refractivity contribution in [3.05, 3.63) is 0 Å². The third-order valence-corrected chi connectivity index (χ3v) is 3.73. The molecule has 150 valence electrons. The number of nitrogens with zero attached hydrogens (tertiary/aromatic N) is 1. The van der Waals surface area contributed by atoms with Gasteiger partial charge in [0.05, 0.1) is 13.0 Å². The summed E-state index contributed by atoms with van der Waals surface area (Å²) in [5, 5.41) is 22.1. The normalized spacial score (nSPS) is 20.4. The quantitative estimate of drug-likeness (QED) is 0.287. The summed E-state index contributed by atoms with van der Waals surface area (Å²) in [5.41, 5.74) is 1.54. The number of hydrogen-bond donors (Lipinski definition) is 4. The largest absolute Gasteiger partial charge is 0.469 e. The molecule has 0 aromatic heterocycles. The minimum Gasteiger partial charge on any atom is -0.469 e. The number of esters is 1. The molecule has 0 unspecified atom stereocenters. The van der Waals surface area contributed by atoms with Gasteiger partial charge in [-0.1, -0.05) is 0 Å². The number of ether oxygens (including phenoxy) is 2. The molecule has 10 nitrogen and oxygen atoms in total.